The van der Waals surface area contributed by atoms with Crippen LogP contribution in [0.1, 0.15) is 90.2 Å². The largest absolute Gasteiger partial charge is 0.480 e. The first-order chi connectivity index (χ1) is 30.8. The van der Waals surface area contributed by atoms with E-state index >= 15 is 0 Å². The SMILES string of the molecule is CC(=O)O[C@@]12CO[C@@H]1C[C@H](O)[C@@]1(C)[C@H](O)[C@H](O)[C@H]3C(C)[C@@H](OC(=O)[C@H](OC(=O)COCC(=O)O)[C@@H](NC(=O)OC(C)(C)C)c4ccccc4)C[C@@](O)([C@@H](OC(=O)c4ccccc4)[C@H]21)C3(C)C. The maximum Gasteiger partial charge on any atom is 0.408 e. The summed E-state index contributed by atoms with van der Waals surface area (Å²) in [5.74, 6) is -9.27. The normalized spacial score (nSPS) is 34.2. The van der Waals surface area contributed by atoms with Crippen LogP contribution in [0.4, 0.5) is 4.79 Å². The Balaban J connectivity index is 1.49. The zero-order valence-corrected chi connectivity index (χ0v) is 38.2. The number of carbonyl (C=O) groups is 6. The summed E-state index contributed by atoms with van der Waals surface area (Å²) in [5.41, 5.74) is -8.24. The monoisotopic (exact) mass is 927 g/mol. The molecular weight excluding hydrogens is 867 g/mol. The number of aliphatic hydroxyl groups is 4. The van der Waals surface area contributed by atoms with Gasteiger partial charge in [-0.2, -0.15) is 0 Å². The van der Waals surface area contributed by atoms with E-state index in [9.17, 15) is 49.2 Å². The quantitative estimate of drug-likeness (QED) is 0.124. The van der Waals surface area contributed by atoms with Crippen molar-refractivity contribution in [3.05, 3.63) is 71.8 Å². The Kier molecular flexibility index (Phi) is 14.3. The van der Waals surface area contributed by atoms with Gasteiger partial charge in [-0.05, 0) is 44.4 Å². The van der Waals surface area contributed by atoms with Crippen LogP contribution in [0.3, 0.4) is 0 Å². The van der Waals surface area contributed by atoms with Gasteiger partial charge in [-0.25, -0.2) is 24.0 Å². The van der Waals surface area contributed by atoms with Gasteiger partial charge in [0.2, 0.25) is 6.10 Å². The number of esters is 4. The lowest BCUT2D eigenvalue weighted by molar-refractivity contribution is -0.379. The molecule has 3 aliphatic carbocycles. The topological polar surface area (TPSA) is 280 Å². The number of amides is 1. The molecule has 1 amide bonds. The Bertz CT molecular complexity index is 2130. The van der Waals surface area contributed by atoms with Crippen molar-refractivity contribution in [1.29, 1.82) is 0 Å². The van der Waals surface area contributed by atoms with E-state index in [-0.39, 0.29) is 24.2 Å². The van der Waals surface area contributed by atoms with Crippen molar-refractivity contribution in [2.45, 2.75) is 134 Å². The Hall–Kier alpha value is -5.18. The van der Waals surface area contributed by atoms with Crippen molar-refractivity contribution < 1.29 is 87.5 Å². The number of alkyl carbamates (subject to hydrolysis) is 1. The number of carboxylic acids is 1. The van der Waals surface area contributed by atoms with Crippen LogP contribution >= 0.6 is 0 Å². The molecular formula is C47H61NO18. The number of benzene rings is 2. The van der Waals surface area contributed by atoms with E-state index in [1.807, 2.05) is 0 Å². The molecule has 2 bridgehead atoms. The molecule has 3 saturated carbocycles. The predicted octanol–water partition coefficient (Wildman–Crippen LogP) is 2.64. The molecule has 4 aliphatic rings. The molecule has 2 aromatic carbocycles. The molecule has 4 fully saturated rings. The van der Waals surface area contributed by atoms with Gasteiger partial charge in [0.05, 0.1) is 36.4 Å². The highest BCUT2D eigenvalue weighted by atomic mass is 16.6. The number of ether oxygens (including phenoxy) is 7. The molecule has 66 heavy (non-hydrogen) atoms. The highest BCUT2D eigenvalue weighted by Gasteiger charge is 2.79. The van der Waals surface area contributed by atoms with E-state index in [0.29, 0.717) is 0 Å². The molecule has 6 N–H and O–H groups in total. The van der Waals surface area contributed by atoms with Crippen molar-refractivity contribution in [3.8, 4) is 0 Å². The third kappa shape index (κ3) is 9.38. The fourth-order valence-electron chi connectivity index (χ4n) is 10.9. The fraction of sp³-hybridized carbons (Fsp3) is 0.617. The van der Waals surface area contributed by atoms with Crippen molar-refractivity contribution >= 4 is 35.9 Å². The van der Waals surface area contributed by atoms with Gasteiger partial charge in [-0.1, -0.05) is 76.2 Å². The van der Waals surface area contributed by atoms with Crippen LogP contribution in [-0.4, -0.2) is 141 Å². The van der Waals surface area contributed by atoms with Gasteiger partial charge in [-0.3, -0.25) is 4.79 Å². The van der Waals surface area contributed by atoms with E-state index in [0.717, 1.165) is 6.92 Å². The highest BCUT2D eigenvalue weighted by molar-refractivity contribution is 5.89. The van der Waals surface area contributed by atoms with Crippen molar-refractivity contribution in [2.75, 3.05) is 19.8 Å². The van der Waals surface area contributed by atoms with Crippen LogP contribution in [0, 0.1) is 28.6 Å². The van der Waals surface area contributed by atoms with Gasteiger partial charge in [0.25, 0.3) is 0 Å². The molecule has 0 radical (unpaired) electrons. The number of aliphatic carboxylic acids is 1. The number of rotatable bonds is 13. The summed E-state index contributed by atoms with van der Waals surface area (Å²) in [7, 11) is 0. The molecule has 1 aliphatic heterocycles. The molecule has 0 aromatic heterocycles. The van der Waals surface area contributed by atoms with Crippen LogP contribution in [0.5, 0.6) is 0 Å². The molecule has 1 heterocycles. The summed E-state index contributed by atoms with van der Waals surface area (Å²) in [6, 6.07) is 14.2. The van der Waals surface area contributed by atoms with E-state index in [1.165, 1.54) is 31.2 Å². The van der Waals surface area contributed by atoms with Crippen LogP contribution < -0.4 is 5.32 Å². The van der Waals surface area contributed by atoms with Crippen LogP contribution in [0.15, 0.2) is 60.7 Å². The van der Waals surface area contributed by atoms with Crippen molar-refractivity contribution in [3.63, 3.8) is 0 Å². The highest BCUT2D eigenvalue weighted by Crippen LogP contribution is 2.66. The standard InChI is InChI=1S/C47H61NO18/c1-24-28(62-41(57)36(63-32(53)22-60-21-31(51)52)34(26-15-11-9-12-16-26)48-42(58)66-43(3,4)5)20-47(59)39(64-40(56)27-17-13-10-14-18-27)37-45(8,38(55)35(54)33(24)44(47,6)7)29(50)19-30-46(37,23-61-30)65-25(2)49/h9-18,24,28-30,33-39,50,54-55,59H,19-23H2,1-8H3,(H,48,58)(H,51,52)/t24?,28-,29-,30+,33+,34-,35+,36+,37-,38+,39-,45+,46-,47+/m0/s1. The second kappa shape index (κ2) is 18.8. The minimum atomic E-state index is -2.37. The van der Waals surface area contributed by atoms with Gasteiger partial charge < -0.3 is 64.0 Å². The second-order valence-electron chi connectivity index (χ2n) is 19.6. The summed E-state index contributed by atoms with van der Waals surface area (Å²) >= 11 is 0. The average molecular weight is 928 g/mol. The van der Waals surface area contributed by atoms with E-state index in [1.54, 1.807) is 77.9 Å². The lowest BCUT2D eigenvalue weighted by atomic mass is 9.42. The van der Waals surface area contributed by atoms with Crippen LogP contribution in [-0.2, 0) is 52.3 Å². The third-order valence-corrected chi connectivity index (χ3v) is 14.0. The number of nitrogens with one attached hydrogen (secondary N) is 1. The zero-order chi connectivity index (χ0) is 48.7. The van der Waals surface area contributed by atoms with Gasteiger partial charge in [0.15, 0.2) is 5.60 Å². The minimum absolute atomic E-state index is 0.0627. The molecule has 14 atom stereocenters. The molecule has 0 spiro atoms. The molecule has 362 valence electrons. The maximum atomic E-state index is 14.9. The summed E-state index contributed by atoms with van der Waals surface area (Å²) < 4.78 is 40.7. The van der Waals surface area contributed by atoms with Gasteiger partial charge in [0.1, 0.15) is 48.8 Å². The number of hydrogen-bond donors (Lipinski definition) is 6. The van der Waals surface area contributed by atoms with E-state index < -0.39 is 150 Å². The maximum absolute atomic E-state index is 14.9. The van der Waals surface area contributed by atoms with E-state index in [4.69, 9.17) is 38.3 Å². The predicted molar refractivity (Wildman–Crippen MR) is 227 cm³/mol. The zero-order valence-electron chi connectivity index (χ0n) is 38.2. The summed E-state index contributed by atoms with van der Waals surface area (Å²) in [4.78, 5) is 80.0. The summed E-state index contributed by atoms with van der Waals surface area (Å²) in [5, 5.41) is 62.4. The number of fused-ring (bicyclic) bond motifs is 5. The number of carbonyl (C=O) groups excluding carboxylic acids is 5. The Morgan fingerprint density at radius 1 is 0.909 bits per heavy atom. The smallest absolute Gasteiger partial charge is 0.408 e. The Morgan fingerprint density at radius 2 is 1.53 bits per heavy atom. The van der Waals surface area contributed by atoms with Crippen molar-refractivity contribution in [1.82, 2.24) is 5.32 Å². The third-order valence-electron chi connectivity index (χ3n) is 14.0. The first kappa shape index (κ1) is 50.2. The van der Waals surface area contributed by atoms with Crippen LogP contribution in [0.25, 0.3) is 0 Å². The molecule has 6 rings (SSSR count). The summed E-state index contributed by atoms with van der Waals surface area (Å²) in [6.45, 7) is 10.1. The molecule has 2 aromatic rings. The van der Waals surface area contributed by atoms with Crippen LogP contribution in [0.2, 0.25) is 0 Å². The Labute approximate surface area is 382 Å². The number of aliphatic hydroxyl groups excluding tert-OH is 3. The average Bonchev–Trinajstić information content (AvgIpc) is 3.23. The second-order valence-corrected chi connectivity index (χ2v) is 19.6. The number of carboxylic acid groups (broad SMARTS) is 1. The molecule has 19 heteroatoms. The molecule has 1 saturated heterocycles. The summed E-state index contributed by atoms with van der Waals surface area (Å²) in [6.07, 6.45) is -13.2. The number of hydrogen-bond acceptors (Lipinski definition) is 17. The first-order valence-corrected chi connectivity index (χ1v) is 21.9. The fourth-order valence-corrected chi connectivity index (χ4v) is 10.9. The first-order valence-electron chi connectivity index (χ1n) is 21.9. The van der Waals surface area contributed by atoms with Crippen molar-refractivity contribution in [2.24, 2.45) is 28.6 Å². The van der Waals surface area contributed by atoms with Gasteiger partial charge >= 0.3 is 35.9 Å². The Morgan fingerprint density at radius 3 is 2.09 bits per heavy atom. The molecule has 1 unspecified atom stereocenters. The van der Waals surface area contributed by atoms with Gasteiger partial charge in [0, 0.05) is 36.5 Å². The minimum Gasteiger partial charge on any atom is -0.480 e. The van der Waals surface area contributed by atoms with E-state index in [2.05, 4.69) is 5.32 Å². The lowest BCUT2D eigenvalue weighted by Gasteiger charge is -2.70. The van der Waals surface area contributed by atoms with Gasteiger partial charge in [-0.15, -0.1) is 0 Å². The molecule has 19 nitrogen and oxygen atoms in total. The lowest BCUT2D eigenvalue weighted by Crippen LogP contribution is -2.83.